The Bertz CT molecular complexity index is 1150. The van der Waals surface area contributed by atoms with Gasteiger partial charge in [0.15, 0.2) is 5.06 Å². The van der Waals surface area contributed by atoms with Gasteiger partial charge in [-0.15, -0.1) is 0 Å². The van der Waals surface area contributed by atoms with Crippen molar-refractivity contribution >= 4 is 34.3 Å². The number of pyridine rings is 1. The Morgan fingerprint density at radius 1 is 1.26 bits per heavy atom. The highest BCUT2D eigenvalue weighted by Gasteiger charge is 2.14. The van der Waals surface area contributed by atoms with Crippen LogP contribution in [-0.4, -0.2) is 33.3 Å². The zero-order valence-corrected chi connectivity index (χ0v) is 14.9. The Morgan fingerprint density at radius 3 is 2.89 bits per heavy atom. The first-order chi connectivity index (χ1) is 13.0. The molecule has 136 valence electrons. The monoisotopic (exact) mass is 382 g/mol. The van der Waals surface area contributed by atoms with Gasteiger partial charge in [0, 0.05) is 22.7 Å². The number of nitrogen functional groups attached to an aromatic ring is 1. The van der Waals surface area contributed by atoms with Crippen LogP contribution in [0.4, 0.5) is 10.6 Å². The third-order valence-corrected chi connectivity index (χ3v) is 4.93. The molecule has 9 heteroatoms. The van der Waals surface area contributed by atoms with Gasteiger partial charge >= 0.3 is 6.16 Å². The highest BCUT2D eigenvalue weighted by Crippen LogP contribution is 2.36. The second kappa shape index (κ2) is 6.61. The number of imidazole rings is 1. The summed E-state index contributed by atoms with van der Waals surface area (Å²) in [6.45, 7) is 0. The normalized spacial score (nSPS) is 10.9. The molecule has 0 radical (unpaired) electrons. The van der Waals surface area contributed by atoms with Crippen LogP contribution >= 0.6 is 11.3 Å². The van der Waals surface area contributed by atoms with Gasteiger partial charge in [0.25, 0.3) is 0 Å². The maximum atomic E-state index is 10.7. The van der Waals surface area contributed by atoms with Crippen LogP contribution in [0.15, 0.2) is 42.6 Å². The van der Waals surface area contributed by atoms with Crippen molar-refractivity contribution in [3.8, 4) is 32.6 Å². The molecule has 0 atom stereocenters. The number of thiophene rings is 1. The van der Waals surface area contributed by atoms with Gasteiger partial charge in [0.2, 0.25) is 0 Å². The number of nitrogens with one attached hydrogen (secondary N) is 1. The van der Waals surface area contributed by atoms with E-state index in [0.717, 1.165) is 27.2 Å². The summed E-state index contributed by atoms with van der Waals surface area (Å²) in [5.41, 5.74) is 9.09. The Kier molecular flexibility index (Phi) is 4.13. The molecule has 0 saturated carbocycles. The second-order valence-electron chi connectivity index (χ2n) is 5.61. The van der Waals surface area contributed by atoms with Crippen LogP contribution in [0.5, 0.6) is 10.8 Å². The molecule has 0 aliphatic heterocycles. The molecule has 0 unspecified atom stereocenters. The van der Waals surface area contributed by atoms with Crippen molar-refractivity contribution in [3.63, 3.8) is 0 Å². The molecule has 0 aliphatic carbocycles. The van der Waals surface area contributed by atoms with Crippen molar-refractivity contribution in [2.75, 3.05) is 12.8 Å². The molecule has 0 bridgehead atoms. The Morgan fingerprint density at radius 2 is 2.11 bits per heavy atom. The van der Waals surface area contributed by atoms with E-state index in [0.29, 0.717) is 17.2 Å². The third kappa shape index (κ3) is 3.27. The molecular formula is C18H14N4O4S. The number of aromatic nitrogens is 3. The number of ether oxygens (including phenoxy) is 2. The van der Waals surface area contributed by atoms with E-state index < -0.39 is 6.16 Å². The maximum Gasteiger partial charge on any atom is 0.512 e. The molecule has 0 aliphatic rings. The molecule has 4 N–H and O–H groups in total. The predicted octanol–water partition coefficient (Wildman–Crippen LogP) is 4.00. The number of fused-ring (bicyclic) bond motifs is 1. The molecule has 0 amide bonds. The fourth-order valence-electron chi connectivity index (χ4n) is 2.66. The lowest BCUT2D eigenvalue weighted by molar-refractivity contribution is 0.146. The summed E-state index contributed by atoms with van der Waals surface area (Å²) in [4.78, 5) is 23.5. The predicted molar refractivity (Wildman–Crippen MR) is 102 cm³/mol. The number of carboxylic acid groups (broad SMARTS) is 1. The van der Waals surface area contributed by atoms with E-state index in [1.54, 1.807) is 25.4 Å². The lowest BCUT2D eigenvalue weighted by Crippen LogP contribution is -2.00. The van der Waals surface area contributed by atoms with E-state index >= 15 is 0 Å². The van der Waals surface area contributed by atoms with E-state index in [-0.39, 0.29) is 5.06 Å². The topological polar surface area (TPSA) is 123 Å². The van der Waals surface area contributed by atoms with Crippen molar-refractivity contribution in [2.45, 2.75) is 0 Å². The van der Waals surface area contributed by atoms with E-state index in [4.69, 9.17) is 15.6 Å². The highest BCUT2D eigenvalue weighted by molar-refractivity contribution is 7.17. The Labute approximate surface area is 157 Å². The van der Waals surface area contributed by atoms with Gasteiger partial charge in [-0.2, -0.15) is 0 Å². The molecular weight excluding hydrogens is 368 g/mol. The van der Waals surface area contributed by atoms with Gasteiger partial charge in [-0.3, -0.25) is 0 Å². The molecule has 0 fully saturated rings. The first-order valence-corrected chi connectivity index (χ1v) is 8.66. The number of rotatable bonds is 4. The zero-order chi connectivity index (χ0) is 19.0. The van der Waals surface area contributed by atoms with Crippen LogP contribution in [0.2, 0.25) is 0 Å². The first kappa shape index (κ1) is 16.9. The van der Waals surface area contributed by atoms with Crippen molar-refractivity contribution < 1.29 is 19.4 Å². The molecule has 3 aromatic heterocycles. The van der Waals surface area contributed by atoms with E-state index in [2.05, 4.69) is 19.7 Å². The number of aromatic amines is 1. The number of carbonyl (C=O) groups is 1. The molecule has 27 heavy (non-hydrogen) atoms. The fraction of sp³-hybridized carbons (Fsp3) is 0.0556. The highest BCUT2D eigenvalue weighted by atomic mass is 32.1. The van der Waals surface area contributed by atoms with Crippen LogP contribution in [0, 0.1) is 0 Å². The standard InChI is InChI=1S/C18H14N4O4S/c1-25-10-2-3-12-13(7-10)22-17(21-12)11-6-9(8-20-16(11)19)14-4-5-15(27-14)26-18(23)24/h2-8H,1H3,(H2,19,20)(H,21,22)(H,23,24). The van der Waals surface area contributed by atoms with Crippen molar-refractivity contribution in [1.82, 2.24) is 15.0 Å². The minimum Gasteiger partial charge on any atom is -0.497 e. The summed E-state index contributed by atoms with van der Waals surface area (Å²) in [5, 5.41) is 9.00. The number of anilines is 1. The molecule has 1 aromatic carbocycles. The third-order valence-electron chi connectivity index (χ3n) is 3.92. The van der Waals surface area contributed by atoms with Gasteiger partial charge in [0.1, 0.15) is 17.4 Å². The molecule has 4 aromatic rings. The fourth-order valence-corrected chi connectivity index (χ4v) is 3.49. The van der Waals surface area contributed by atoms with Crippen LogP contribution in [0.25, 0.3) is 32.9 Å². The largest absolute Gasteiger partial charge is 0.512 e. The van der Waals surface area contributed by atoms with Gasteiger partial charge in [0.05, 0.1) is 23.7 Å². The Balaban J connectivity index is 1.74. The van der Waals surface area contributed by atoms with Crippen LogP contribution in [-0.2, 0) is 0 Å². The van der Waals surface area contributed by atoms with Crippen LogP contribution < -0.4 is 15.2 Å². The van der Waals surface area contributed by atoms with Gasteiger partial charge in [-0.1, -0.05) is 11.3 Å². The summed E-state index contributed by atoms with van der Waals surface area (Å²) in [5.74, 6) is 1.65. The minimum absolute atomic E-state index is 0.284. The molecule has 3 heterocycles. The number of hydrogen-bond acceptors (Lipinski definition) is 7. The zero-order valence-electron chi connectivity index (χ0n) is 14.1. The van der Waals surface area contributed by atoms with E-state index in [9.17, 15) is 4.79 Å². The van der Waals surface area contributed by atoms with Gasteiger partial charge < -0.3 is 25.3 Å². The minimum atomic E-state index is -1.35. The first-order valence-electron chi connectivity index (χ1n) is 7.84. The summed E-state index contributed by atoms with van der Waals surface area (Å²) in [6.07, 6.45) is 0.276. The number of nitrogens with two attached hydrogens (primary N) is 1. The summed E-state index contributed by atoms with van der Waals surface area (Å²) in [6, 6.07) is 10.8. The number of hydrogen-bond donors (Lipinski definition) is 3. The lowest BCUT2D eigenvalue weighted by Gasteiger charge is -2.04. The van der Waals surface area contributed by atoms with Gasteiger partial charge in [-0.05, 0) is 30.3 Å². The molecule has 0 saturated heterocycles. The average Bonchev–Trinajstić information content (AvgIpc) is 3.27. The quantitative estimate of drug-likeness (QED) is 0.456. The van der Waals surface area contributed by atoms with Crippen LogP contribution in [0.1, 0.15) is 0 Å². The summed E-state index contributed by atoms with van der Waals surface area (Å²) >= 11 is 1.20. The molecule has 0 spiro atoms. The van der Waals surface area contributed by atoms with Crippen molar-refractivity contribution in [2.24, 2.45) is 0 Å². The second-order valence-corrected chi connectivity index (χ2v) is 6.66. The summed E-state index contributed by atoms with van der Waals surface area (Å²) in [7, 11) is 1.60. The van der Waals surface area contributed by atoms with Gasteiger partial charge in [-0.25, -0.2) is 14.8 Å². The molecule has 8 nitrogen and oxygen atoms in total. The van der Waals surface area contributed by atoms with E-state index in [1.165, 1.54) is 11.3 Å². The lowest BCUT2D eigenvalue weighted by atomic mass is 10.1. The number of H-pyrrole nitrogens is 1. The summed E-state index contributed by atoms with van der Waals surface area (Å²) < 4.78 is 9.91. The van der Waals surface area contributed by atoms with Crippen molar-refractivity contribution in [3.05, 3.63) is 42.6 Å². The number of nitrogens with zero attached hydrogens (tertiary/aromatic N) is 2. The number of methoxy groups -OCH3 is 1. The molecule has 4 rings (SSSR count). The van der Waals surface area contributed by atoms with E-state index in [1.807, 2.05) is 24.3 Å². The van der Waals surface area contributed by atoms with Crippen molar-refractivity contribution in [1.29, 1.82) is 0 Å². The number of benzene rings is 1. The average molecular weight is 382 g/mol. The Hall–Kier alpha value is -3.59. The maximum absolute atomic E-state index is 10.7. The van der Waals surface area contributed by atoms with Crippen LogP contribution in [0.3, 0.4) is 0 Å². The smallest absolute Gasteiger partial charge is 0.497 e. The SMILES string of the molecule is COc1ccc2nc(-c3cc(-c4ccc(OC(=O)O)s4)cnc3N)[nH]c2c1.